The number of methoxy groups -OCH3 is 1. The first kappa shape index (κ1) is 27.8. The number of hydrogen-bond donors (Lipinski definition) is 1. The van der Waals surface area contributed by atoms with Crippen molar-refractivity contribution in [1.82, 2.24) is 4.98 Å². The Balaban J connectivity index is 1.65. The van der Waals surface area contributed by atoms with Crippen LogP contribution in [-0.2, 0) is 25.5 Å². The second kappa shape index (κ2) is 11.0. The topological polar surface area (TPSA) is 132 Å². The molecule has 1 fully saturated rings. The van der Waals surface area contributed by atoms with Crippen LogP contribution in [0.3, 0.4) is 0 Å². The Bertz CT molecular complexity index is 1620. The van der Waals surface area contributed by atoms with Gasteiger partial charge in [-0.2, -0.15) is 0 Å². The first-order valence-electron chi connectivity index (χ1n) is 12.7. The van der Waals surface area contributed by atoms with Crippen LogP contribution < -0.4 is 9.64 Å². The second-order valence-corrected chi connectivity index (χ2v) is 10.5. The van der Waals surface area contributed by atoms with Gasteiger partial charge in [0.15, 0.2) is 5.13 Å². The number of benzene rings is 2. The number of anilines is 1. The lowest BCUT2D eigenvalue weighted by Gasteiger charge is -2.23. The van der Waals surface area contributed by atoms with Crippen molar-refractivity contribution in [3.63, 3.8) is 0 Å². The molecule has 0 spiro atoms. The number of aryl methyl sites for hydroxylation is 1. The lowest BCUT2D eigenvalue weighted by molar-refractivity contribution is -0.132. The van der Waals surface area contributed by atoms with E-state index < -0.39 is 29.7 Å². The number of carbonyl (C=O) groups is 4. The molecule has 0 saturated carbocycles. The van der Waals surface area contributed by atoms with E-state index in [4.69, 9.17) is 14.2 Å². The van der Waals surface area contributed by atoms with Crippen LogP contribution in [0.4, 0.5) is 5.13 Å². The van der Waals surface area contributed by atoms with Crippen molar-refractivity contribution in [3.8, 4) is 5.75 Å². The number of esters is 2. The van der Waals surface area contributed by atoms with Crippen molar-refractivity contribution in [2.45, 2.75) is 32.4 Å². The molecule has 3 heterocycles. The van der Waals surface area contributed by atoms with Crippen LogP contribution in [0.25, 0.3) is 5.76 Å². The van der Waals surface area contributed by atoms with Crippen molar-refractivity contribution in [1.29, 1.82) is 0 Å². The predicted molar refractivity (Wildman–Crippen MR) is 150 cm³/mol. The van der Waals surface area contributed by atoms with Gasteiger partial charge in [0.05, 0.1) is 30.0 Å². The van der Waals surface area contributed by atoms with E-state index in [1.54, 1.807) is 37.3 Å². The van der Waals surface area contributed by atoms with Gasteiger partial charge in [-0.1, -0.05) is 36.1 Å². The monoisotopic (exact) mass is 574 g/mol. The highest BCUT2D eigenvalue weighted by atomic mass is 32.1. The molecule has 2 unspecified atom stereocenters. The highest BCUT2D eigenvalue weighted by Gasteiger charge is 2.48. The van der Waals surface area contributed by atoms with E-state index >= 15 is 0 Å². The normalized spacial score (nSPS) is 19.0. The number of thiazole rings is 1. The zero-order valence-electron chi connectivity index (χ0n) is 22.5. The number of ether oxygens (including phenoxy) is 3. The lowest BCUT2D eigenvalue weighted by Crippen LogP contribution is -2.29. The molecule has 1 N–H and O–H groups in total. The van der Waals surface area contributed by atoms with Gasteiger partial charge in [-0.05, 0) is 55.3 Å². The van der Waals surface area contributed by atoms with Gasteiger partial charge in [-0.15, -0.1) is 0 Å². The number of nitrogens with zero attached hydrogens (tertiary/aromatic N) is 2. The summed E-state index contributed by atoms with van der Waals surface area (Å²) in [4.78, 5) is 57.4. The van der Waals surface area contributed by atoms with Crippen molar-refractivity contribution >= 4 is 45.9 Å². The number of hydrogen-bond acceptors (Lipinski definition) is 10. The quantitative estimate of drug-likeness (QED) is 0.142. The maximum absolute atomic E-state index is 13.5. The minimum atomic E-state index is -1.10. The molecule has 5 rings (SSSR count). The Hall–Kier alpha value is -4.77. The highest BCUT2D eigenvalue weighted by Crippen LogP contribution is 2.44. The first-order chi connectivity index (χ1) is 19.6. The Labute approximate surface area is 239 Å². The highest BCUT2D eigenvalue weighted by molar-refractivity contribution is 7.17. The van der Waals surface area contributed by atoms with Crippen LogP contribution >= 0.6 is 11.3 Å². The zero-order valence-corrected chi connectivity index (χ0v) is 23.3. The fraction of sp³-hybridized carbons (Fsp3) is 0.233. The van der Waals surface area contributed by atoms with Gasteiger partial charge in [0.2, 0.25) is 0 Å². The molecule has 41 heavy (non-hydrogen) atoms. The molecule has 1 aromatic heterocycles. The summed E-state index contributed by atoms with van der Waals surface area (Å²) in [7, 11) is 1.26. The van der Waals surface area contributed by atoms with Crippen LogP contribution in [0.1, 0.15) is 55.4 Å². The van der Waals surface area contributed by atoms with Crippen molar-refractivity contribution in [2.24, 2.45) is 0 Å². The van der Waals surface area contributed by atoms with Crippen molar-refractivity contribution < 1.29 is 38.5 Å². The zero-order chi connectivity index (χ0) is 29.4. The molecule has 3 aromatic rings. The standard InChI is InChI=1S/C30H26N2O8S/c1-5-12-39-29(37)26-16(3)31-30(41-26)32-23(17-6-8-18(9-7-17)28(36)38-4)22(25(34)27(32)35)24(33)19-10-11-21-20(14-19)13-15(2)40-21/h5-11,14-15,23,33H,1,12-13H2,2-4H3/b24-22-. The summed E-state index contributed by atoms with van der Waals surface area (Å²) < 4.78 is 15.7. The fourth-order valence-corrected chi connectivity index (χ4v) is 5.85. The smallest absolute Gasteiger partial charge is 0.350 e. The third kappa shape index (κ3) is 5.00. The fourth-order valence-electron chi connectivity index (χ4n) is 4.86. The van der Waals surface area contributed by atoms with Gasteiger partial charge in [0.1, 0.15) is 29.1 Å². The van der Waals surface area contributed by atoms with Crippen molar-refractivity contribution in [3.05, 3.63) is 93.5 Å². The van der Waals surface area contributed by atoms with Gasteiger partial charge in [-0.3, -0.25) is 14.5 Å². The van der Waals surface area contributed by atoms with Gasteiger partial charge in [0.25, 0.3) is 5.78 Å². The number of fused-ring (bicyclic) bond motifs is 1. The lowest BCUT2D eigenvalue weighted by atomic mass is 9.94. The van der Waals surface area contributed by atoms with Crippen LogP contribution in [0.2, 0.25) is 0 Å². The molecule has 2 aliphatic heterocycles. The van der Waals surface area contributed by atoms with Gasteiger partial charge < -0.3 is 19.3 Å². The number of ketones is 1. The number of aliphatic hydroxyl groups is 1. The summed E-state index contributed by atoms with van der Waals surface area (Å²) in [5, 5.41) is 11.6. The summed E-state index contributed by atoms with van der Waals surface area (Å²) >= 11 is 0.895. The molecule has 0 aliphatic carbocycles. The van der Waals surface area contributed by atoms with E-state index in [-0.39, 0.29) is 39.6 Å². The Morgan fingerprint density at radius 1 is 1.17 bits per heavy atom. The number of Topliss-reactive ketones (excluding diaryl/α,β-unsaturated/α-hetero) is 1. The number of aliphatic hydroxyl groups excluding tert-OH is 1. The molecule has 0 bridgehead atoms. The molecule has 210 valence electrons. The van der Waals surface area contributed by atoms with E-state index in [1.165, 1.54) is 25.3 Å². The number of rotatable bonds is 7. The van der Waals surface area contributed by atoms with Crippen LogP contribution in [0, 0.1) is 6.92 Å². The third-order valence-corrected chi connectivity index (χ3v) is 7.91. The van der Waals surface area contributed by atoms with E-state index in [0.29, 0.717) is 29.0 Å². The number of carbonyl (C=O) groups excluding carboxylic acids is 4. The average Bonchev–Trinajstić information content (AvgIpc) is 3.62. The molecule has 1 amide bonds. The summed E-state index contributed by atoms with van der Waals surface area (Å²) in [5.74, 6) is -2.72. The minimum absolute atomic E-state index is 0.00679. The molecule has 10 nitrogen and oxygen atoms in total. The van der Waals surface area contributed by atoms with Gasteiger partial charge in [0, 0.05) is 12.0 Å². The molecule has 11 heteroatoms. The molecular formula is C30H26N2O8S. The van der Waals surface area contributed by atoms with Gasteiger partial charge in [-0.25, -0.2) is 14.6 Å². The predicted octanol–water partition coefficient (Wildman–Crippen LogP) is 4.53. The first-order valence-corrected chi connectivity index (χ1v) is 13.5. The van der Waals surface area contributed by atoms with E-state index in [9.17, 15) is 24.3 Å². The molecule has 2 atom stereocenters. The minimum Gasteiger partial charge on any atom is -0.507 e. The summed E-state index contributed by atoms with van der Waals surface area (Å²) in [6, 6.07) is 10.1. The molecular weight excluding hydrogens is 548 g/mol. The molecule has 2 aromatic carbocycles. The number of amides is 1. The number of aromatic nitrogens is 1. The van der Waals surface area contributed by atoms with E-state index in [2.05, 4.69) is 11.6 Å². The van der Waals surface area contributed by atoms with Crippen LogP contribution in [0.5, 0.6) is 5.75 Å². The molecule has 0 radical (unpaired) electrons. The summed E-state index contributed by atoms with van der Waals surface area (Å²) in [6.07, 6.45) is 2.03. The molecule has 2 aliphatic rings. The SMILES string of the molecule is C=CCOC(=O)c1sc(N2C(=O)C(=O)/C(=C(\O)c3ccc4c(c3)CC(C)O4)C2c2ccc(C(=O)OC)cc2)nc1C. The molecule has 1 saturated heterocycles. The maximum Gasteiger partial charge on any atom is 0.350 e. The van der Waals surface area contributed by atoms with Crippen LogP contribution in [-0.4, -0.2) is 53.5 Å². The van der Waals surface area contributed by atoms with Crippen LogP contribution in [0.15, 0.2) is 60.7 Å². The Morgan fingerprint density at radius 2 is 1.88 bits per heavy atom. The third-order valence-electron chi connectivity index (χ3n) is 6.77. The van der Waals surface area contributed by atoms with Gasteiger partial charge >= 0.3 is 17.8 Å². The van der Waals surface area contributed by atoms with E-state index in [1.807, 2.05) is 6.92 Å². The second-order valence-electron chi connectivity index (χ2n) is 9.54. The Kier molecular flexibility index (Phi) is 7.46. The van der Waals surface area contributed by atoms with Crippen molar-refractivity contribution in [2.75, 3.05) is 18.6 Å². The van der Waals surface area contributed by atoms with E-state index in [0.717, 1.165) is 21.8 Å². The average molecular weight is 575 g/mol. The summed E-state index contributed by atoms with van der Waals surface area (Å²) in [6.45, 7) is 7.05. The summed E-state index contributed by atoms with van der Waals surface area (Å²) in [5.41, 5.74) is 2.07. The Morgan fingerprint density at radius 3 is 2.56 bits per heavy atom. The maximum atomic E-state index is 13.5. The largest absolute Gasteiger partial charge is 0.507 e.